The van der Waals surface area contributed by atoms with E-state index in [9.17, 15) is 14.4 Å². The van der Waals surface area contributed by atoms with Gasteiger partial charge in [0.05, 0.1) is 19.7 Å². The molecule has 10 heteroatoms. The SMILES string of the molecule is COCCn1c(N)c(N(Cc2ccccc2)C(=O)c2oc3ccc(Cl)cc3c2C)c(=O)[nH]c1=O. The van der Waals surface area contributed by atoms with Gasteiger partial charge in [-0.2, -0.15) is 0 Å². The number of aryl methyl sites for hydroxylation is 1. The zero-order chi connectivity index (χ0) is 24.4. The highest BCUT2D eigenvalue weighted by Gasteiger charge is 2.29. The van der Waals surface area contributed by atoms with Crippen molar-refractivity contribution in [1.82, 2.24) is 9.55 Å². The Morgan fingerprint density at radius 2 is 1.94 bits per heavy atom. The number of rotatable bonds is 7. The minimum absolute atomic E-state index is 0.0205. The molecule has 1 amide bonds. The van der Waals surface area contributed by atoms with Crippen molar-refractivity contribution in [3.05, 3.63) is 91.3 Å². The van der Waals surface area contributed by atoms with Crippen molar-refractivity contribution >= 4 is 40.0 Å². The maximum atomic E-state index is 13.8. The first-order valence-electron chi connectivity index (χ1n) is 10.5. The Balaban J connectivity index is 1.89. The number of halogens is 1. The Labute approximate surface area is 199 Å². The van der Waals surface area contributed by atoms with Crippen LogP contribution in [0, 0.1) is 6.92 Å². The van der Waals surface area contributed by atoms with Crippen LogP contribution in [0.1, 0.15) is 21.7 Å². The number of aromatic nitrogens is 2. The third kappa shape index (κ3) is 4.35. The number of H-pyrrole nitrogens is 1. The van der Waals surface area contributed by atoms with Crippen LogP contribution in [-0.2, 0) is 17.8 Å². The number of methoxy groups -OCH3 is 1. The van der Waals surface area contributed by atoms with Crippen LogP contribution in [0.3, 0.4) is 0 Å². The van der Waals surface area contributed by atoms with Crippen LogP contribution in [0.5, 0.6) is 0 Å². The topological polar surface area (TPSA) is 124 Å². The van der Waals surface area contributed by atoms with Crippen LogP contribution < -0.4 is 21.9 Å². The van der Waals surface area contributed by atoms with Crippen LogP contribution >= 0.6 is 11.6 Å². The summed E-state index contributed by atoms with van der Waals surface area (Å²) < 4.78 is 12.1. The molecule has 0 aliphatic rings. The maximum Gasteiger partial charge on any atom is 0.330 e. The molecule has 0 saturated carbocycles. The number of amides is 1. The van der Waals surface area contributed by atoms with E-state index >= 15 is 0 Å². The number of ether oxygens (including phenoxy) is 1. The quantitative estimate of drug-likeness (QED) is 0.416. The van der Waals surface area contributed by atoms with Crippen molar-refractivity contribution in [2.75, 3.05) is 24.4 Å². The van der Waals surface area contributed by atoms with Gasteiger partial charge in [0.2, 0.25) is 0 Å². The summed E-state index contributed by atoms with van der Waals surface area (Å²) in [4.78, 5) is 42.6. The molecule has 0 aliphatic heterocycles. The molecule has 2 aromatic heterocycles. The van der Waals surface area contributed by atoms with Crippen LogP contribution in [-0.4, -0.2) is 29.2 Å². The molecular formula is C24H23ClN4O5. The zero-order valence-electron chi connectivity index (χ0n) is 18.6. The summed E-state index contributed by atoms with van der Waals surface area (Å²) in [6.07, 6.45) is 0. The van der Waals surface area contributed by atoms with Gasteiger partial charge in [0.15, 0.2) is 11.4 Å². The molecule has 0 bridgehead atoms. The lowest BCUT2D eigenvalue weighted by Crippen LogP contribution is -2.41. The number of nitrogen functional groups attached to an aromatic ring is 1. The van der Waals surface area contributed by atoms with Gasteiger partial charge in [0.25, 0.3) is 11.5 Å². The number of carbonyl (C=O) groups is 1. The Bertz CT molecular complexity index is 1470. The first-order valence-corrected chi connectivity index (χ1v) is 10.9. The Morgan fingerprint density at radius 3 is 2.65 bits per heavy atom. The molecule has 4 rings (SSSR count). The first-order chi connectivity index (χ1) is 16.3. The molecule has 3 N–H and O–H groups in total. The minimum atomic E-state index is -0.780. The van der Waals surface area contributed by atoms with Crippen LogP contribution in [0.15, 0.2) is 62.5 Å². The fourth-order valence-electron chi connectivity index (χ4n) is 3.78. The van der Waals surface area contributed by atoms with Gasteiger partial charge in [0.1, 0.15) is 11.4 Å². The van der Waals surface area contributed by atoms with E-state index in [1.165, 1.54) is 12.0 Å². The largest absolute Gasteiger partial charge is 0.451 e. The zero-order valence-corrected chi connectivity index (χ0v) is 19.4. The molecule has 2 aromatic carbocycles. The van der Waals surface area contributed by atoms with Crippen molar-refractivity contribution in [3.8, 4) is 0 Å². The normalized spacial score (nSPS) is 11.1. The monoisotopic (exact) mass is 482 g/mol. The summed E-state index contributed by atoms with van der Waals surface area (Å²) in [6.45, 7) is 2.04. The summed E-state index contributed by atoms with van der Waals surface area (Å²) in [7, 11) is 1.48. The van der Waals surface area contributed by atoms with E-state index in [1.54, 1.807) is 25.1 Å². The molecule has 0 fully saturated rings. The molecule has 9 nitrogen and oxygen atoms in total. The lowest BCUT2D eigenvalue weighted by Gasteiger charge is -2.24. The van der Waals surface area contributed by atoms with Crippen molar-refractivity contribution in [3.63, 3.8) is 0 Å². The smallest absolute Gasteiger partial charge is 0.330 e. The van der Waals surface area contributed by atoms with Crippen molar-refractivity contribution < 1.29 is 13.9 Å². The Kier molecular flexibility index (Phi) is 6.58. The highest BCUT2D eigenvalue weighted by Crippen LogP contribution is 2.30. The summed E-state index contributed by atoms with van der Waals surface area (Å²) in [5, 5.41) is 1.19. The summed E-state index contributed by atoms with van der Waals surface area (Å²) in [5.41, 5.74) is 6.46. The van der Waals surface area contributed by atoms with Crippen molar-refractivity contribution in [2.24, 2.45) is 0 Å². The number of fused-ring (bicyclic) bond motifs is 1. The van der Waals surface area contributed by atoms with E-state index in [1.807, 2.05) is 30.3 Å². The predicted molar refractivity (Wildman–Crippen MR) is 131 cm³/mol. The predicted octanol–water partition coefficient (Wildman–Crippen LogP) is 3.32. The van der Waals surface area contributed by atoms with Gasteiger partial charge in [-0.05, 0) is 30.7 Å². The van der Waals surface area contributed by atoms with Gasteiger partial charge in [-0.1, -0.05) is 41.9 Å². The van der Waals surface area contributed by atoms with E-state index in [0.717, 1.165) is 10.1 Å². The van der Waals surface area contributed by atoms with Gasteiger partial charge in [-0.15, -0.1) is 0 Å². The third-order valence-electron chi connectivity index (χ3n) is 5.52. The molecule has 0 saturated heterocycles. The van der Waals surface area contributed by atoms with E-state index in [0.29, 0.717) is 21.6 Å². The fraction of sp³-hybridized carbons (Fsp3) is 0.208. The number of carbonyl (C=O) groups excluding carboxylic acids is 1. The van der Waals surface area contributed by atoms with Crippen molar-refractivity contribution in [1.29, 1.82) is 0 Å². The van der Waals surface area contributed by atoms with Crippen LogP contribution in [0.2, 0.25) is 5.02 Å². The highest BCUT2D eigenvalue weighted by molar-refractivity contribution is 6.31. The molecule has 0 aliphatic carbocycles. The molecule has 2 heterocycles. The van der Waals surface area contributed by atoms with Gasteiger partial charge in [-0.25, -0.2) is 4.79 Å². The fourth-order valence-corrected chi connectivity index (χ4v) is 3.95. The maximum absolute atomic E-state index is 13.8. The lowest BCUT2D eigenvalue weighted by molar-refractivity contribution is 0.0959. The average molecular weight is 483 g/mol. The molecule has 0 atom stereocenters. The Morgan fingerprint density at radius 1 is 1.21 bits per heavy atom. The second-order valence-electron chi connectivity index (χ2n) is 7.71. The van der Waals surface area contributed by atoms with Gasteiger partial charge in [0, 0.05) is 23.1 Å². The number of hydrogen-bond donors (Lipinski definition) is 2. The molecule has 34 heavy (non-hydrogen) atoms. The van der Waals surface area contributed by atoms with Gasteiger partial charge in [-0.3, -0.25) is 24.0 Å². The van der Waals surface area contributed by atoms with Crippen molar-refractivity contribution in [2.45, 2.75) is 20.0 Å². The number of anilines is 2. The molecule has 0 unspecified atom stereocenters. The summed E-state index contributed by atoms with van der Waals surface area (Å²) >= 11 is 6.12. The minimum Gasteiger partial charge on any atom is -0.451 e. The number of furan rings is 1. The summed E-state index contributed by atoms with van der Waals surface area (Å²) in [5.74, 6) is -0.684. The summed E-state index contributed by atoms with van der Waals surface area (Å²) in [6, 6.07) is 14.2. The van der Waals surface area contributed by atoms with Gasteiger partial charge < -0.3 is 14.9 Å². The number of hydrogen-bond acceptors (Lipinski definition) is 6. The van der Waals surface area contributed by atoms with Gasteiger partial charge >= 0.3 is 5.69 Å². The van der Waals surface area contributed by atoms with E-state index in [4.69, 9.17) is 26.5 Å². The number of nitrogens with one attached hydrogen (secondary N) is 1. The third-order valence-corrected chi connectivity index (χ3v) is 5.76. The number of nitrogens with zero attached hydrogens (tertiary/aromatic N) is 2. The standard InChI is InChI=1S/C24H23ClN4O5/c1-14-17-12-16(25)8-9-18(17)34-20(14)23(31)29(13-15-6-4-3-5-7-15)19-21(26)28(10-11-33-2)24(32)27-22(19)30/h3-9,12H,10-11,13,26H2,1-2H3,(H,27,30,32). The first kappa shape index (κ1) is 23.3. The van der Waals surface area contributed by atoms with Crippen LogP contribution in [0.4, 0.5) is 11.5 Å². The lowest BCUT2D eigenvalue weighted by atomic mass is 10.1. The average Bonchev–Trinajstić information content (AvgIpc) is 3.14. The van der Waals surface area contributed by atoms with E-state index in [-0.39, 0.29) is 37.0 Å². The second kappa shape index (κ2) is 9.58. The second-order valence-corrected chi connectivity index (χ2v) is 8.15. The van der Waals surface area contributed by atoms with Crippen LogP contribution in [0.25, 0.3) is 11.0 Å². The molecule has 0 spiro atoms. The highest BCUT2D eigenvalue weighted by atomic mass is 35.5. The van der Waals surface area contributed by atoms with E-state index < -0.39 is 17.2 Å². The molecule has 4 aromatic rings. The molecule has 176 valence electrons. The Hall–Kier alpha value is -3.82. The van der Waals surface area contributed by atoms with E-state index in [2.05, 4.69) is 4.98 Å². The number of benzene rings is 2. The number of aromatic amines is 1. The number of nitrogens with two attached hydrogens (primary N) is 1. The molecular weight excluding hydrogens is 460 g/mol. The molecule has 0 radical (unpaired) electrons.